The molecule has 5 heteroatoms. The Balaban J connectivity index is 1.77. The summed E-state index contributed by atoms with van der Waals surface area (Å²) in [7, 11) is 1.38. The van der Waals surface area contributed by atoms with Gasteiger partial charge in [-0.25, -0.2) is 9.78 Å². The first-order chi connectivity index (χ1) is 10.6. The van der Waals surface area contributed by atoms with E-state index in [-0.39, 0.29) is 5.97 Å². The van der Waals surface area contributed by atoms with E-state index in [1.807, 2.05) is 24.3 Å². The van der Waals surface area contributed by atoms with Gasteiger partial charge < -0.3 is 15.2 Å². The van der Waals surface area contributed by atoms with Crippen LogP contribution in [0.4, 0.5) is 5.82 Å². The Bertz CT molecular complexity index is 774. The molecule has 0 radical (unpaired) electrons. The first-order valence-electron chi connectivity index (χ1n) is 7.24. The number of aliphatic hydroxyl groups is 1. The number of carbonyl (C=O) groups is 1. The highest BCUT2D eigenvalue weighted by molar-refractivity contribution is 5.89. The molecular weight excluding hydrogens is 280 g/mol. The highest BCUT2D eigenvalue weighted by Crippen LogP contribution is 2.48. The molecule has 1 spiro atoms. The van der Waals surface area contributed by atoms with Gasteiger partial charge in [0, 0.05) is 11.8 Å². The maximum Gasteiger partial charge on any atom is 0.337 e. The molecule has 2 aromatic rings. The van der Waals surface area contributed by atoms with Crippen molar-refractivity contribution in [3.63, 3.8) is 0 Å². The molecule has 1 aromatic carbocycles. The lowest BCUT2D eigenvalue weighted by Gasteiger charge is -2.27. The summed E-state index contributed by atoms with van der Waals surface area (Å²) in [6, 6.07) is 9.51. The second-order valence-corrected chi connectivity index (χ2v) is 5.93. The molecule has 2 N–H and O–H groups in total. The number of pyridine rings is 1. The van der Waals surface area contributed by atoms with Gasteiger partial charge in [0.2, 0.25) is 0 Å². The molecule has 2 aliphatic rings. The van der Waals surface area contributed by atoms with Crippen molar-refractivity contribution in [2.24, 2.45) is 0 Å². The second kappa shape index (κ2) is 4.55. The van der Waals surface area contributed by atoms with E-state index in [0.29, 0.717) is 12.0 Å². The van der Waals surface area contributed by atoms with Gasteiger partial charge in [-0.15, -0.1) is 0 Å². The van der Waals surface area contributed by atoms with E-state index in [0.717, 1.165) is 28.9 Å². The van der Waals surface area contributed by atoms with Crippen molar-refractivity contribution in [1.82, 2.24) is 4.98 Å². The predicted octanol–water partition coefficient (Wildman–Crippen LogP) is 1.65. The van der Waals surface area contributed by atoms with Crippen molar-refractivity contribution in [2.45, 2.75) is 24.5 Å². The number of nitrogens with one attached hydrogen (secondary N) is 1. The second-order valence-electron chi connectivity index (χ2n) is 5.93. The number of nitrogens with zero attached hydrogens (tertiary/aromatic N) is 1. The summed E-state index contributed by atoms with van der Waals surface area (Å²) < 4.78 is 4.78. The number of ether oxygens (including phenoxy) is 1. The quantitative estimate of drug-likeness (QED) is 0.783. The van der Waals surface area contributed by atoms with Gasteiger partial charge >= 0.3 is 5.97 Å². The molecule has 0 saturated carbocycles. The van der Waals surface area contributed by atoms with Crippen LogP contribution in [0.1, 0.15) is 27.0 Å². The standard InChI is InChI=1S/C17H16N2O3/c1-22-15(20)10-4-5-11-8-17(9-12(11)7-10)13-3-2-6-18-14(13)19-16(17)21/h2-7,16,21H,8-9H2,1H3,(H,18,19). The van der Waals surface area contributed by atoms with Crippen LogP contribution in [-0.2, 0) is 23.0 Å². The van der Waals surface area contributed by atoms with E-state index in [1.54, 1.807) is 12.3 Å². The molecule has 2 unspecified atom stereocenters. The largest absolute Gasteiger partial charge is 0.465 e. The van der Waals surface area contributed by atoms with Gasteiger partial charge in [0.05, 0.1) is 18.1 Å². The third-order valence-electron chi connectivity index (χ3n) is 4.78. The number of benzene rings is 1. The van der Waals surface area contributed by atoms with Gasteiger partial charge in [-0.3, -0.25) is 0 Å². The van der Waals surface area contributed by atoms with Crippen molar-refractivity contribution in [1.29, 1.82) is 0 Å². The topological polar surface area (TPSA) is 71.5 Å². The molecule has 2 atom stereocenters. The number of rotatable bonds is 1. The summed E-state index contributed by atoms with van der Waals surface area (Å²) in [5.41, 5.74) is 3.43. The van der Waals surface area contributed by atoms with Crippen molar-refractivity contribution >= 4 is 11.8 Å². The van der Waals surface area contributed by atoms with Crippen LogP contribution in [0.3, 0.4) is 0 Å². The smallest absolute Gasteiger partial charge is 0.337 e. The molecule has 4 rings (SSSR count). The molecule has 0 amide bonds. The average molecular weight is 296 g/mol. The van der Waals surface area contributed by atoms with E-state index in [9.17, 15) is 9.90 Å². The summed E-state index contributed by atoms with van der Waals surface area (Å²) >= 11 is 0. The number of methoxy groups -OCH3 is 1. The van der Waals surface area contributed by atoms with Gasteiger partial charge in [0.25, 0.3) is 0 Å². The SMILES string of the molecule is COC(=O)c1ccc2c(c1)CC1(C2)c2cccnc2NC1O. The Labute approximate surface area is 128 Å². The van der Waals surface area contributed by atoms with E-state index in [1.165, 1.54) is 7.11 Å². The van der Waals surface area contributed by atoms with Crippen LogP contribution in [0.25, 0.3) is 0 Å². The highest BCUT2D eigenvalue weighted by atomic mass is 16.5. The van der Waals surface area contributed by atoms with Crippen molar-refractivity contribution in [2.75, 3.05) is 12.4 Å². The number of anilines is 1. The number of carbonyl (C=O) groups excluding carboxylic acids is 1. The molecule has 0 saturated heterocycles. The molecule has 1 aliphatic carbocycles. The molecule has 2 heterocycles. The number of esters is 1. The molecule has 22 heavy (non-hydrogen) atoms. The van der Waals surface area contributed by atoms with Crippen LogP contribution in [0.5, 0.6) is 0 Å². The third kappa shape index (κ3) is 1.69. The zero-order valence-electron chi connectivity index (χ0n) is 12.2. The zero-order valence-corrected chi connectivity index (χ0v) is 12.2. The molecule has 5 nitrogen and oxygen atoms in total. The summed E-state index contributed by atoms with van der Waals surface area (Å²) in [6.45, 7) is 0. The Morgan fingerprint density at radius 1 is 1.36 bits per heavy atom. The molecule has 0 bridgehead atoms. The van der Waals surface area contributed by atoms with E-state index >= 15 is 0 Å². The minimum absolute atomic E-state index is 0.337. The van der Waals surface area contributed by atoms with Crippen LogP contribution in [0.15, 0.2) is 36.5 Å². The number of hydrogen-bond acceptors (Lipinski definition) is 5. The lowest BCUT2D eigenvalue weighted by Crippen LogP contribution is -2.39. The van der Waals surface area contributed by atoms with Crippen LogP contribution in [0.2, 0.25) is 0 Å². The summed E-state index contributed by atoms with van der Waals surface area (Å²) in [6.07, 6.45) is 2.46. The third-order valence-corrected chi connectivity index (χ3v) is 4.78. The van der Waals surface area contributed by atoms with Gasteiger partial charge in [0.1, 0.15) is 12.0 Å². The molecule has 112 valence electrons. The fraction of sp³-hybridized carbons (Fsp3) is 0.294. The van der Waals surface area contributed by atoms with Gasteiger partial charge in [-0.05, 0) is 42.2 Å². The number of aromatic nitrogens is 1. The Morgan fingerprint density at radius 3 is 3.00 bits per heavy atom. The Hall–Kier alpha value is -2.40. The first-order valence-corrected chi connectivity index (χ1v) is 7.24. The minimum atomic E-state index is -0.675. The van der Waals surface area contributed by atoms with Crippen molar-refractivity contribution in [3.05, 3.63) is 58.8 Å². The van der Waals surface area contributed by atoms with Crippen LogP contribution in [0, 0.1) is 0 Å². The molecule has 1 aliphatic heterocycles. The maximum atomic E-state index is 11.7. The molecule has 0 fully saturated rings. The lowest BCUT2D eigenvalue weighted by atomic mass is 9.79. The normalized spacial score (nSPS) is 24.7. The number of fused-ring (bicyclic) bond motifs is 3. The van der Waals surface area contributed by atoms with Crippen LogP contribution < -0.4 is 5.32 Å². The Morgan fingerprint density at radius 2 is 2.18 bits per heavy atom. The summed E-state index contributed by atoms with van der Waals surface area (Å²) in [5, 5.41) is 13.6. The molecule has 1 aromatic heterocycles. The maximum absolute atomic E-state index is 11.7. The summed E-state index contributed by atoms with van der Waals surface area (Å²) in [5.74, 6) is 0.409. The minimum Gasteiger partial charge on any atom is -0.465 e. The van der Waals surface area contributed by atoms with E-state index in [4.69, 9.17) is 4.74 Å². The fourth-order valence-electron chi connectivity index (χ4n) is 3.67. The lowest BCUT2D eigenvalue weighted by molar-refractivity contribution is 0.0600. The van der Waals surface area contributed by atoms with Crippen LogP contribution >= 0.6 is 0 Å². The highest BCUT2D eigenvalue weighted by Gasteiger charge is 2.50. The Kier molecular flexibility index (Phi) is 2.74. The van der Waals surface area contributed by atoms with Gasteiger partial charge in [-0.2, -0.15) is 0 Å². The number of hydrogen-bond donors (Lipinski definition) is 2. The average Bonchev–Trinajstić information content (AvgIpc) is 3.05. The van der Waals surface area contributed by atoms with Gasteiger partial charge in [0.15, 0.2) is 0 Å². The van der Waals surface area contributed by atoms with Crippen molar-refractivity contribution < 1.29 is 14.6 Å². The summed E-state index contributed by atoms with van der Waals surface area (Å²) in [4.78, 5) is 16.0. The monoisotopic (exact) mass is 296 g/mol. The predicted molar refractivity (Wildman–Crippen MR) is 80.7 cm³/mol. The molecular formula is C17H16N2O3. The number of aliphatic hydroxyl groups excluding tert-OH is 1. The van der Waals surface area contributed by atoms with Crippen molar-refractivity contribution in [3.8, 4) is 0 Å². The first kappa shape index (κ1) is 13.3. The van der Waals surface area contributed by atoms with E-state index in [2.05, 4.69) is 10.3 Å². The fourth-order valence-corrected chi connectivity index (χ4v) is 3.67. The van der Waals surface area contributed by atoms with Gasteiger partial charge in [-0.1, -0.05) is 12.1 Å². The zero-order chi connectivity index (χ0) is 15.3. The van der Waals surface area contributed by atoms with Crippen LogP contribution in [-0.4, -0.2) is 29.4 Å². The van der Waals surface area contributed by atoms with E-state index < -0.39 is 11.6 Å².